The molecule has 2 aliphatic rings. The van der Waals surface area contributed by atoms with Crippen molar-refractivity contribution in [3.8, 4) is 0 Å². The number of amides is 2. The summed E-state index contributed by atoms with van der Waals surface area (Å²) in [5, 5.41) is 0. The summed E-state index contributed by atoms with van der Waals surface area (Å²) in [6, 6.07) is 4.80. The SMILES string of the molecule is COC(=O)C1CCN([C@@H]2CC(=O)N(c3ccc(F)cc3)C2=O)CC1. The second-order valence-corrected chi connectivity index (χ2v) is 6.10. The van der Waals surface area contributed by atoms with E-state index in [1.807, 2.05) is 4.90 Å². The lowest BCUT2D eigenvalue weighted by molar-refractivity contribution is -0.147. The van der Waals surface area contributed by atoms with Gasteiger partial charge in [0.2, 0.25) is 5.91 Å². The topological polar surface area (TPSA) is 66.9 Å². The van der Waals surface area contributed by atoms with Crippen LogP contribution in [0.4, 0.5) is 10.1 Å². The third-order valence-corrected chi connectivity index (χ3v) is 4.71. The minimum atomic E-state index is -0.513. The summed E-state index contributed by atoms with van der Waals surface area (Å²) < 4.78 is 17.8. The summed E-state index contributed by atoms with van der Waals surface area (Å²) in [5.74, 6) is -1.36. The van der Waals surface area contributed by atoms with Crippen LogP contribution in [0.5, 0.6) is 0 Å². The molecule has 2 amide bonds. The Bertz CT molecular complexity index is 653. The summed E-state index contributed by atoms with van der Waals surface area (Å²) in [6.07, 6.45) is 1.33. The van der Waals surface area contributed by atoms with Crippen LogP contribution in [0, 0.1) is 11.7 Å². The van der Waals surface area contributed by atoms with Gasteiger partial charge in [0.05, 0.1) is 31.2 Å². The van der Waals surface area contributed by atoms with Crippen molar-refractivity contribution >= 4 is 23.5 Å². The van der Waals surface area contributed by atoms with E-state index < -0.39 is 11.9 Å². The van der Waals surface area contributed by atoms with Gasteiger partial charge in [0.15, 0.2) is 0 Å². The Morgan fingerprint density at radius 3 is 2.38 bits per heavy atom. The van der Waals surface area contributed by atoms with Gasteiger partial charge in [0, 0.05) is 0 Å². The maximum atomic E-state index is 13.0. The molecule has 0 aromatic heterocycles. The molecule has 7 heteroatoms. The van der Waals surface area contributed by atoms with Crippen LogP contribution in [0.25, 0.3) is 0 Å². The summed E-state index contributed by atoms with van der Waals surface area (Å²) in [7, 11) is 1.37. The summed E-state index contributed by atoms with van der Waals surface area (Å²) in [6.45, 7) is 1.14. The molecule has 3 rings (SSSR count). The van der Waals surface area contributed by atoms with Gasteiger partial charge in [-0.15, -0.1) is 0 Å². The number of methoxy groups -OCH3 is 1. The second-order valence-electron chi connectivity index (χ2n) is 6.10. The molecule has 2 heterocycles. The molecule has 2 saturated heterocycles. The minimum Gasteiger partial charge on any atom is -0.469 e. The van der Waals surface area contributed by atoms with Crippen LogP contribution >= 0.6 is 0 Å². The number of halogens is 1. The van der Waals surface area contributed by atoms with Crippen molar-refractivity contribution in [2.75, 3.05) is 25.1 Å². The highest BCUT2D eigenvalue weighted by molar-refractivity contribution is 6.22. The molecule has 0 aliphatic carbocycles. The number of piperidine rings is 1. The van der Waals surface area contributed by atoms with E-state index >= 15 is 0 Å². The van der Waals surface area contributed by atoms with Gasteiger partial charge in [-0.2, -0.15) is 0 Å². The molecule has 1 aromatic carbocycles. The number of hydrogen-bond donors (Lipinski definition) is 0. The normalized spacial score (nSPS) is 22.9. The largest absolute Gasteiger partial charge is 0.469 e. The molecule has 0 unspecified atom stereocenters. The number of rotatable bonds is 3. The van der Waals surface area contributed by atoms with Gasteiger partial charge in [0.25, 0.3) is 5.91 Å². The number of nitrogens with zero attached hydrogens (tertiary/aromatic N) is 2. The second kappa shape index (κ2) is 6.68. The number of anilines is 1. The number of imide groups is 1. The third-order valence-electron chi connectivity index (χ3n) is 4.71. The van der Waals surface area contributed by atoms with Gasteiger partial charge in [-0.3, -0.25) is 19.3 Å². The highest BCUT2D eigenvalue weighted by Crippen LogP contribution is 2.29. The van der Waals surface area contributed by atoms with Crippen molar-refractivity contribution in [2.45, 2.75) is 25.3 Å². The van der Waals surface area contributed by atoms with Gasteiger partial charge in [-0.25, -0.2) is 9.29 Å². The van der Waals surface area contributed by atoms with Crippen LogP contribution in [0.15, 0.2) is 24.3 Å². The van der Waals surface area contributed by atoms with Crippen molar-refractivity contribution in [2.24, 2.45) is 5.92 Å². The minimum absolute atomic E-state index is 0.110. The molecule has 0 bridgehead atoms. The molecule has 1 atom stereocenters. The smallest absolute Gasteiger partial charge is 0.308 e. The number of carbonyl (C=O) groups excluding carboxylic acids is 3. The van der Waals surface area contributed by atoms with E-state index in [1.165, 1.54) is 31.4 Å². The molecule has 1 aromatic rings. The van der Waals surface area contributed by atoms with E-state index in [2.05, 4.69) is 0 Å². The molecule has 128 valence electrons. The lowest BCUT2D eigenvalue weighted by Gasteiger charge is -2.33. The Balaban J connectivity index is 1.68. The van der Waals surface area contributed by atoms with Crippen LogP contribution in [0.1, 0.15) is 19.3 Å². The number of benzene rings is 1. The Kier molecular flexibility index (Phi) is 4.62. The number of ether oxygens (including phenoxy) is 1. The molecule has 0 radical (unpaired) electrons. The molecule has 6 nitrogen and oxygen atoms in total. The van der Waals surface area contributed by atoms with E-state index in [4.69, 9.17) is 4.74 Å². The Labute approximate surface area is 139 Å². The fourth-order valence-corrected chi connectivity index (χ4v) is 3.38. The molecule has 0 N–H and O–H groups in total. The summed E-state index contributed by atoms with van der Waals surface area (Å²) >= 11 is 0. The number of hydrogen-bond acceptors (Lipinski definition) is 5. The van der Waals surface area contributed by atoms with Gasteiger partial charge >= 0.3 is 5.97 Å². The van der Waals surface area contributed by atoms with Gasteiger partial charge in [-0.05, 0) is 50.2 Å². The molecular formula is C17H19FN2O4. The van der Waals surface area contributed by atoms with Crippen molar-refractivity contribution in [1.29, 1.82) is 0 Å². The molecule has 2 fully saturated rings. The Morgan fingerprint density at radius 2 is 1.79 bits per heavy atom. The third kappa shape index (κ3) is 3.03. The zero-order chi connectivity index (χ0) is 17.3. The Morgan fingerprint density at radius 1 is 1.17 bits per heavy atom. The van der Waals surface area contributed by atoms with E-state index in [1.54, 1.807) is 0 Å². The van der Waals surface area contributed by atoms with Crippen molar-refractivity contribution in [3.05, 3.63) is 30.1 Å². The summed E-state index contributed by atoms with van der Waals surface area (Å²) in [4.78, 5) is 39.5. The monoisotopic (exact) mass is 334 g/mol. The maximum Gasteiger partial charge on any atom is 0.308 e. The molecule has 2 aliphatic heterocycles. The highest BCUT2D eigenvalue weighted by Gasteiger charge is 2.43. The Hall–Kier alpha value is -2.28. The van der Waals surface area contributed by atoms with Crippen LogP contribution < -0.4 is 4.90 Å². The first-order valence-electron chi connectivity index (χ1n) is 7.95. The summed E-state index contributed by atoms with van der Waals surface area (Å²) in [5.41, 5.74) is 0.387. The van der Waals surface area contributed by atoms with Crippen LogP contribution in [0.2, 0.25) is 0 Å². The van der Waals surface area contributed by atoms with Crippen molar-refractivity contribution < 1.29 is 23.5 Å². The maximum absolute atomic E-state index is 13.0. The van der Waals surface area contributed by atoms with Crippen molar-refractivity contribution in [1.82, 2.24) is 4.90 Å². The number of likely N-dealkylation sites (tertiary alicyclic amines) is 1. The zero-order valence-electron chi connectivity index (χ0n) is 13.4. The van der Waals surface area contributed by atoms with E-state index in [0.29, 0.717) is 31.6 Å². The van der Waals surface area contributed by atoms with E-state index in [9.17, 15) is 18.8 Å². The quantitative estimate of drug-likeness (QED) is 0.616. The molecule has 24 heavy (non-hydrogen) atoms. The lowest BCUT2D eigenvalue weighted by Crippen LogP contribution is -2.46. The standard InChI is InChI=1S/C17H19FN2O4/c1-24-17(23)11-6-8-19(9-7-11)14-10-15(21)20(16(14)22)13-4-2-12(18)3-5-13/h2-5,11,14H,6-10H2,1H3/t14-/m1/s1. The van der Waals surface area contributed by atoms with Gasteiger partial charge < -0.3 is 4.74 Å². The molecule has 0 saturated carbocycles. The first kappa shape index (κ1) is 16.6. The van der Waals surface area contributed by atoms with Crippen molar-refractivity contribution in [3.63, 3.8) is 0 Å². The highest BCUT2D eigenvalue weighted by atomic mass is 19.1. The predicted molar refractivity (Wildman–Crippen MR) is 83.6 cm³/mol. The molecule has 0 spiro atoms. The first-order valence-corrected chi connectivity index (χ1v) is 7.95. The van der Waals surface area contributed by atoms with E-state index in [-0.39, 0.29) is 30.1 Å². The van der Waals surface area contributed by atoms with E-state index in [0.717, 1.165) is 4.90 Å². The molecular weight excluding hydrogens is 315 g/mol. The van der Waals surface area contributed by atoms with Crippen LogP contribution in [-0.2, 0) is 19.1 Å². The number of esters is 1. The average molecular weight is 334 g/mol. The fourth-order valence-electron chi connectivity index (χ4n) is 3.38. The average Bonchev–Trinajstić information content (AvgIpc) is 2.90. The number of carbonyl (C=O) groups is 3. The lowest BCUT2D eigenvalue weighted by atomic mass is 9.95. The van der Waals surface area contributed by atoms with Crippen LogP contribution in [0.3, 0.4) is 0 Å². The van der Waals surface area contributed by atoms with Gasteiger partial charge in [0.1, 0.15) is 5.82 Å². The fraction of sp³-hybridized carbons (Fsp3) is 0.471. The predicted octanol–water partition coefficient (Wildman–Crippen LogP) is 1.34. The first-order chi connectivity index (χ1) is 11.5. The van der Waals surface area contributed by atoms with Crippen LogP contribution in [-0.4, -0.2) is 48.9 Å². The van der Waals surface area contributed by atoms with Gasteiger partial charge in [-0.1, -0.05) is 0 Å². The zero-order valence-corrected chi connectivity index (χ0v) is 13.4.